The van der Waals surface area contributed by atoms with Gasteiger partial charge in [0.25, 0.3) is 0 Å². The molecule has 0 saturated heterocycles. The molecule has 4 nitrogen and oxygen atoms in total. The summed E-state index contributed by atoms with van der Waals surface area (Å²) in [6.07, 6.45) is 1.40. The highest BCUT2D eigenvalue weighted by Gasteiger charge is 2.31. The Bertz CT molecular complexity index is 1180. The van der Waals surface area contributed by atoms with Crippen molar-refractivity contribution >= 4 is 35.0 Å². The smallest absolute Gasteiger partial charge is 0.243 e. The van der Waals surface area contributed by atoms with Crippen molar-refractivity contribution in [3.8, 4) is 0 Å². The molecule has 6 heteroatoms. The van der Waals surface area contributed by atoms with E-state index < -0.39 is 6.04 Å². The molecule has 3 aromatic carbocycles. The third kappa shape index (κ3) is 7.84. The predicted molar refractivity (Wildman–Crippen MR) is 148 cm³/mol. The highest BCUT2D eigenvalue weighted by molar-refractivity contribution is 6.42. The fourth-order valence-corrected chi connectivity index (χ4v) is 4.60. The van der Waals surface area contributed by atoms with Crippen LogP contribution in [0.5, 0.6) is 0 Å². The van der Waals surface area contributed by atoms with Gasteiger partial charge in [-0.05, 0) is 56.0 Å². The maximum atomic E-state index is 13.9. The Morgan fingerprint density at radius 1 is 0.861 bits per heavy atom. The first-order chi connectivity index (χ1) is 17.2. The number of rotatable bonds is 10. The molecule has 2 amide bonds. The Kier molecular flexibility index (Phi) is 9.98. The van der Waals surface area contributed by atoms with Gasteiger partial charge in [0.15, 0.2) is 0 Å². The second kappa shape index (κ2) is 12.9. The summed E-state index contributed by atoms with van der Waals surface area (Å²) in [4.78, 5) is 29.1. The minimum Gasteiger partial charge on any atom is -0.352 e. The molecule has 0 aliphatic carbocycles. The first-order valence-electron chi connectivity index (χ1n) is 12.3. The number of amides is 2. The Morgan fingerprint density at radius 3 is 2.14 bits per heavy atom. The van der Waals surface area contributed by atoms with Gasteiger partial charge in [-0.1, -0.05) is 95.8 Å². The van der Waals surface area contributed by atoms with Gasteiger partial charge >= 0.3 is 0 Å². The van der Waals surface area contributed by atoms with E-state index >= 15 is 0 Å². The van der Waals surface area contributed by atoms with Crippen molar-refractivity contribution in [1.29, 1.82) is 0 Å². The van der Waals surface area contributed by atoms with E-state index in [2.05, 4.69) is 11.4 Å². The Hall–Kier alpha value is -2.82. The van der Waals surface area contributed by atoms with Crippen LogP contribution >= 0.6 is 23.2 Å². The maximum Gasteiger partial charge on any atom is 0.243 e. The Morgan fingerprint density at radius 2 is 1.53 bits per heavy atom. The fraction of sp³-hybridized carbons (Fsp3) is 0.333. The number of halogens is 2. The van der Waals surface area contributed by atoms with Crippen LogP contribution in [0.25, 0.3) is 0 Å². The zero-order valence-corrected chi connectivity index (χ0v) is 22.9. The molecular weight excluding hydrogens is 491 g/mol. The predicted octanol–water partition coefficient (Wildman–Crippen LogP) is 6.71. The second-order valence-corrected chi connectivity index (χ2v) is 10.3. The molecule has 0 aromatic heterocycles. The van der Waals surface area contributed by atoms with Gasteiger partial charge in [0, 0.05) is 19.0 Å². The summed E-state index contributed by atoms with van der Waals surface area (Å²) >= 11 is 12.4. The summed E-state index contributed by atoms with van der Waals surface area (Å²) in [5, 5.41) is 3.96. The van der Waals surface area contributed by atoms with Crippen molar-refractivity contribution < 1.29 is 9.59 Å². The highest BCUT2D eigenvalue weighted by Crippen LogP contribution is 2.25. The van der Waals surface area contributed by atoms with Crippen molar-refractivity contribution in [3.05, 3.63) is 105 Å². The minimum absolute atomic E-state index is 0.00266. The molecule has 0 unspecified atom stereocenters. The largest absolute Gasteiger partial charge is 0.352 e. The molecule has 0 aliphatic rings. The van der Waals surface area contributed by atoms with Crippen LogP contribution in [-0.4, -0.2) is 28.8 Å². The van der Waals surface area contributed by atoms with Crippen molar-refractivity contribution in [2.24, 2.45) is 0 Å². The van der Waals surface area contributed by atoms with Crippen LogP contribution in [0, 0.1) is 13.8 Å². The van der Waals surface area contributed by atoms with Crippen LogP contribution in [-0.2, 0) is 29.0 Å². The first kappa shape index (κ1) is 27.8. The van der Waals surface area contributed by atoms with E-state index in [1.165, 1.54) is 0 Å². The summed E-state index contributed by atoms with van der Waals surface area (Å²) in [6, 6.07) is 20.6. The Labute approximate surface area is 224 Å². The molecule has 0 bridgehead atoms. The molecule has 0 heterocycles. The van der Waals surface area contributed by atoms with E-state index in [4.69, 9.17) is 23.2 Å². The molecule has 0 spiro atoms. The van der Waals surface area contributed by atoms with Crippen LogP contribution < -0.4 is 5.32 Å². The second-order valence-electron chi connectivity index (χ2n) is 9.47. The van der Waals surface area contributed by atoms with Gasteiger partial charge in [0.1, 0.15) is 6.04 Å². The number of carbonyl (C=O) groups is 2. The molecule has 0 saturated carbocycles. The van der Waals surface area contributed by atoms with Gasteiger partial charge in [-0.2, -0.15) is 0 Å². The standard InChI is InChI=1S/C30H34Cl2N2O2/c1-5-22(4)33-30(36)28(17-23-9-7-6-8-10-23)34(19-24-11-12-26(31)27(32)16-24)29(35)18-25-14-20(2)13-21(3)15-25/h6-16,22,28H,5,17-19H2,1-4H3,(H,33,36)/t22-,28+/m0/s1. The van der Waals surface area contributed by atoms with Crippen LogP contribution in [0.3, 0.4) is 0 Å². The first-order valence-corrected chi connectivity index (χ1v) is 13.1. The van der Waals surface area contributed by atoms with E-state index in [9.17, 15) is 9.59 Å². The molecule has 3 rings (SSSR count). The molecule has 3 aromatic rings. The van der Waals surface area contributed by atoms with Crippen LogP contribution in [0.4, 0.5) is 0 Å². The fourth-order valence-electron chi connectivity index (χ4n) is 4.28. The number of carbonyl (C=O) groups excluding carboxylic acids is 2. The minimum atomic E-state index is -0.686. The third-order valence-electron chi connectivity index (χ3n) is 6.25. The van der Waals surface area contributed by atoms with Gasteiger partial charge in [0.05, 0.1) is 16.5 Å². The van der Waals surface area contributed by atoms with Gasteiger partial charge in [-0.3, -0.25) is 9.59 Å². The summed E-state index contributed by atoms with van der Waals surface area (Å²) < 4.78 is 0. The normalized spacial score (nSPS) is 12.6. The van der Waals surface area contributed by atoms with E-state index in [0.717, 1.165) is 34.2 Å². The van der Waals surface area contributed by atoms with E-state index in [1.54, 1.807) is 17.0 Å². The molecule has 190 valence electrons. The number of benzene rings is 3. The number of nitrogens with zero attached hydrogens (tertiary/aromatic N) is 1. The lowest BCUT2D eigenvalue weighted by molar-refractivity contribution is -0.141. The van der Waals surface area contributed by atoms with E-state index in [1.807, 2.05) is 76.2 Å². The number of hydrogen-bond acceptors (Lipinski definition) is 2. The summed E-state index contributed by atoms with van der Waals surface area (Å²) in [5.41, 5.74) is 4.93. The van der Waals surface area contributed by atoms with Gasteiger partial charge in [-0.25, -0.2) is 0 Å². The molecule has 1 N–H and O–H groups in total. The zero-order valence-electron chi connectivity index (χ0n) is 21.4. The van der Waals surface area contributed by atoms with Crippen molar-refractivity contribution in [2.45, 2.75) is 65.6 Å². The lowest BCUT2D eigenvalue weighted by atomic mass is 10.00. The number of nitrogens with one attached hydrogen (secondary N) is 1. The van der Waals surface area contributed by atoms with Crippen LogP contribution in [0.15, 0.2) is 66.7 Å². The highest BCUT2D eigenvalue weighted by atomic mass is 35.5. The molecule has 2 atom stereocenters. The van der Waals surface area contributed by atoms with Crippen molar-refractivity contribution in [2.75, 3.05) is 0 Å². The molecule has 0 aliphatic heterocycles. The Balaban J connectivity index is 2.01. The van der Waals surface area contributed by atoms with Crippen LogP contribution in [0.2, 0.25) is 10.0 Å². The van der Waals surface area contributed by atoms with Crippen molar-refractivity contribution in [1.82, 2.24) is 10.2 Å². The molecule has 0 fully saturated rings. The summed E-state index contributed by atoms with van der Waals surface area (Å²) in [7, 11) is 0. The lowest BCUT2D eigenvalue weighted by Gasteiger charge is -2.32. The summed E-state index contributed by atoms with van der Waals surface area (Å²) in [5.74, 6) is -0.284. The quantitative estimate of drug-likeness (QED) is 0.320. The number of hydrogen-bond donors (Lipinski definition) is 1. The average molecular weight is 526 g/mol. The monoisotopic (exact) mass is 524 g/mol. The van der Waals surface area contributed by atoms with Gasteiger partial charge in [0.2, 0.25) is 11.8 Å². The topological polar surface area (TPSA) is 49.4 Å². The molecular formula is C30H34Cl2N2O2. The molecule has 0 radical (unpaired) electrons. The zero-order chi connectivity index (χ0) is 26.2. The van der Waals surface area contributed by atoms with Crippen molar-refractivity contribution in [3.63, 3.8) is 0 Å². The number of aryl methyl sites for hydroxylation is 2. The van der Waals surface area contributed by atoms with Crippen LogP contribution in [0.1, 0.15) is 48.1 Å². The van der Waals surface area contributed by atoms with Gasteiger partial charge in [-0.15, -0.1) is 0 Å². The average Bonchev–Trinajstić information content (AvgIpc) is 2.83. The lowest BCUT2D eigenvalue weighted by Crippen LogP contribution is -2.52. The van der Waals surface area contributed by atoms with E-state index in [-0.39, 0.29) is 30.8 Å². The van der Waals surface area contributed by atoms with E-state index in [0.29, 0.717) is 16.5 Å². The summed E-state index contributed by atoms with van der Waals surface area (Å²) in [6.45, 7) is 8.28. The maximum absolute atomic E-state index is 13.9. The third-order valence-corrected chi connectivity index (χ3v) is 6.98. The molecule has 36 heavy (non-hydrogen) atoms. The SMILES string of the molecule is CC[C@H](C)NC(=O)[C@@H](Cc1ccccc1)N(Cc1ccc(Cl)c(Cl)c1)C(=O)Cc1cc(C)cc(C)c1. The van der Waals surface area contributed by atoms with Gasteiger partial charge < -0.3 is 10.2 Å².